The molecule has 14 heteroatoms. The Morgan fingerprint density at radius 2 is 1.44 bits per heavy atom. The first kappa shape index (κ1) is 29.3. The lowest BCUT2D eigenvalue weighted by molar-refractivity contribution is -0.384. The molecule has 216 valence electrons. The highest BCUT2D eigenvalue weighted by Crippen LogP contribution is 2.36. The summed E-state index contributed by atoms with van der Waals surface area (Å²) >= 11 is 0. The molecule has 4 rings (SSSR count). The molecule has 2 aliphatic rings. The van der Waals surface area contributed by atoms with Gasteiger partial charge in [0.15, 0.2) is 18.5 Å². The van der Waals surface area contributed by atoms with Crippen LogP contribution in [0.4, 0.5) is 5.69 Å². The number of hydrogen-bond acceptors (Lipinski definition) is 12. The molecule has 5 atom stereocenters. The number of carbonyl (C=O) groups is 5. The molecule has 0 radical (unpaired) electrons. The van der Waals surface area contributed by atoms with Crippen LogP contribution in [0, 0.1) is 10.1 Å². The van der Waals surface area contributed by atoms with Crippen LogP contribution < -0.4 is 0 Å². The number of amides is 2. The maximum Gasteiger partial charge on any atom is 0.303 e. The Morgan fingerprint density at radius 1 is 0.878 bits per heavy atom. The summed E-state index contributed by atoms with van der Waals surface area (Å²) in [7, 11) is 0. The Hall–Kier alpha value is -4.69. The Balaban J connectivity index is 1.75. The highest BCUT2D eigenvalue weighted by Gasteiger charge is 2.57. The zero-order valence-corrected chi connectivity index (χ0v) is 22.2. The number of hydrogen-bond donors (Lipinski definition) is 0. The van der Waals surface area contributed by atoms with E-state index < -0.39 is 71.9 Å². The van der Waals surface area contributed by atoms with Crippen molar-refractivity contribution in [2.75, 3.05) is 6.61 Å². The minimum absolute atomic E-state index is 0.0965. The van der Waals surface area contributed by atoms with Crippen molar-refractivity contribution in [2.45, 2.75) is 58.0 Å². The van der Waals surface area contributed by atoms with Gasteiger partial charge >= 0.3 is 17.9 Å². The van der Waals surface area contributed by atoms with E-state index in [4.69, 9.17) is 23.7 Å². The average Bonchev–Trinajstić information content (AvgIpc) is 3.17. The molecular formula is C27H26N2O12. The van der Waals surface area contributed by atoms with E-state index in [9.17, 15) is 34.1 Å². The number of non-ortho nitro benzene ring substituents is 1. The number of benzene rings is 2. The lowest BCUT2D eigenvalue weighted by Crippen LogP contribution is -2.67. The smallest absolute Gasteiger partial charge is 0.303 e. The summed E-state index contributed by atoms with van der Waals surface area (Å²) in [4.78, 5) is 74.2. The van der Waals surface area contributed by atoms with E-state index in [1.54, 1.807) is 12.1 Å². The zero-order valence-electron chi connectivity index (χ0n) is 22.2. The lowest BCUT2D eigenvalue weighted by Gasteiger charge is -2.47. The first-order chi connectivity index (χ1) is 19.5. The number of nitro benzene ring substituents is 1. The number of imide groups is 1. The Bertz CT molecular complexity index is 1340. The average molecular weight is 571 g/mol. The molecule has 0 aliphatic carbocycles. The third-order valence-corrected chi connectivity index (χ3v) is 6.35. The van der Waals surface area contributed by atoms with Crippen molar-refractivity contribution >= 4 is 35.4 Å². The first-order valence-corrected chi connectivity index (χ1v) is 12.4. The molecule has 2 amide bonds. The molecule has 0 unspecified atom stereocenters. The molecule has 0 bridgehead atoms. The van der Waals surface area contributed by atoms with E-state index in [1.807, 2.05) is 0 Å². The molecule has 2 aromatic carbocycles. The number of esters is 3. The summed E-state index contributed by atoms with van der Waals surface area (Å²) in [5.74, 6) is -3.74. The van der Waals surface area contributed by atoms with Gasteiger partial charge in [0.2, 0.25) is 0 Å². The SMILES string of the molecule is CC(=O)OC[C@H]1O[C@H](OCc2ccc([N+](=O)[O-])cc2)[C@@H](N2C(=O)c3ccccc3C2=O)[C@@H](OC(C)=O)[C@@H]1OC(C)=O. The van der Waals surface area contributed by atoms with Gasteiger partial charge in [-0.15, -0.1) is 0 Å². The van der Waals surface area contributed by atoms with Gasteiger partial charge in [-0.1, -0.05) is 12.1 Å². The molecule has 0 N–H and O–H groups in total. The largest absolute Gasteiger partial charge is 0.463 e. The topological polar surface area (TPSA) is 178 Å². The van der Waals surface area contributed by atoms with E-state index in [0.717, 1.165) is 25.7 Å². The van der Waals surface area contributed by atoms with Crippen LogP contribution in [0.25, 0.3) is 0 Å². The Labute approximate surface area is 233 Å². The molecule has 2 heterocycles. The van der Waals surface area contributed by atoms with E-state index in [1.165, 1.54) is 36.4 Å². The third kappa shape index (κ3) is 6.39. The molecule has 1 fully saturated rings. The molecule has 0 spiro atoms. The second-order valence-electron chi connectivity index (χ2n) is 9.24. The van der Waals surface area contributed by atoms with Gasteiger partial charge in [-0.3, -0.25) is 39.0 Å². The maximum atomic E-state index is 13.5. The summed E-state index contributed by atoms with van der Waals surface area (Å²) in [6.07, 6.45) is -5.62. The fourth-order valence-electron chi connectivity index (χ4n) is 4.67. The summed E-state index contributed by atoms with van der Waals surface area (Å²) in [6.45, 7) is 2.68. The van der Waals surface area contributed by atoms with Gasteiger partial charge in [0.1, 0.15) is 18.8 Å². The van der Waals surface area contributed by atoms with Crippen molar-refractivity contribution in [1.82, 2.24) is 4.90 Å². The van der Waals surface area contributed by atoms with Crippen LogP contribution in [0.15, 0.2) is 48.5 Å². The normalized spacial score (nSPS) is 23.5. The number of carbonyl (C=O) groups excluding carboxylic acids is 5. The summed E-state index contributed by atoms with van der Waals surface area (Å²) in [5, 5.41) is 11.0. The quantitative estimate of drug-likeness (QED) is 0.141. The highest BCUT2D eigenvalue weighted by molar-refractivity contribution is 6.21. The predicted molar refractivity (Wildman–Crippen MR) is 135 cm³/mol. The third-order valence-electron chi connectivity index (χ3n) is 6.35. The van der Waals surface area contributed by atoms with Crippen molar-refractivity contribution in [3.8, 4) is 0 Å². The first-order valence-electron chi connectivity index (χ1n) is 12.4. The van der Waals surface area contributed by atoms with Gasteiger partial charge in [-0.05, 0) is 29.8 Å². The van der Waals surface area contributed by atoms with Crippen molar-refractivity contribution in [3.05, 3.63) is 75.3 Å². The number of nitro groups is 1. The fraction of sp³-hybridized carbons (Fsp3) is 0.370. The van der Waals surface area contributed by atoms with Crippen LogP contribution in [-0.4, -0.2) is 76.8 Å². The summed E-state index contributed by atoms with van der Waals surface area (Å²) < 4.78 is 28.1. The van der Waals surface area contributed by atoms with Gasteiger partial charge in [-0.2, -0.15) is 0 Å². The molecule has 1 saturated heterocycles. The van der Waals surface area contributed by atoms with Gasteiger partial charge < -0.3 is 23.7 Å². The minimum atomic E-state index is -1.49. The maximum absolute atomic E-state index is 13.5. The van der Waals surface area contributed by atoms with E-state index >= 15 is 0 Å². The second kappa shape index (κ2) is 12.2. The van der Waals surface area contributed by atoms with Crippen LogP contribution in [0.3, 0.4) is 0 Å². The molecule has 0 aromatic heterocycles. The van der Waals surface area contributed by atoms with E-state index in [2.05, 4.69) is 0 Å². The molecule has 41 heavy (non-hydrogen) atoms. The predicted octanol–water partition coefficient (Wildman–Crippen LogP) is 1.93. The van der Waals surface area contributed by atoms with Gasteiger partial charge in [0, 0.05) is 32.9 Å². The number of rotatable bonds is 9. The van der Waals surface area contributed by atoms with Crippen LogP contribution >= 0.6 is 0 Å². The van der Waals surface area contributed by atoms with Gasteiger partial charge in [-0.25, -0.2) is 0 Å². The van der Waals surface area contributed by atoms with Crippen molar-refractivity contribution in [1.29, 1.82) is 0 Å². The van der Waals surface area contributed by atoms with Gasteiger partial charge in [0.25, 0.3) is 17.5 Å². The van der Waals surface area contributed by atoms with Crippen molar-refractivity contribution in [2.24, 2.45) is 0 Å². The molecule has 2 aliphatic heterocycles. The van der Waals surface area contributed by atoms with Crippen LogP contribution in [-0.2, 0) is 44.7 Å². The Morgan fingerprint density at radius 3 is 1.95 bits per heavy atom. The lowest BCUT2D eigenvalue weighted by atomic mass is 9.94. The zero-order chi connectivity index (χ0) is 29.8. The summed E-state index contributed by atoms with van der Waals surface area (Å²) in [6, 6.07) is 10.0. The number of fused-ring (bicyclic) bond motifs is 1. The number of nitrogens with zero attached hydrogens (tertiary/aromatic N) is 2. The van der Waals surface area contributed by atoms with Crippen LogP contribution in [0.1, 0.15) is 47.1 Å². The molecule has 0 saturated carbocycles. The minimum Gasteiger partial charge on any atom is -0.463 e. The van der Waals surface area contributed by atoms with Crippen molar-refractivity contribution in [3.63, 3.8) is 0 Å². The Kier molecular flexibility index (Phi) is 8.74. The standard InChI is InChI=1S/C27H26N2O12/c1-14(30)37-13-21-23(39-15(2)31)24(40-16(3)32)22(28-25(33)19-6-4-5-7-20(19)26(28)34)27(41-21)38-12-17-8-10-18(11-9-17)29(35)36/h4-11,21-24,27H,12-13H2,1-3H3/t21-,22+,23-,24-,27+/m1/s1. The van der Waals surface area contributed by atoms with Crippen LogP contribution in [0.2, 0.25) is 0 Å². The van der Waals surface area contributed by atoms with E-state index in [0.29, 0.717) is 5.56 Å². The molecular weight excluding hydrogens is 544 g/mol. The van der Waals surface area contributed by atoms with Gasteiger partial charge in [0.05, 0.1) is 22.7 Å². The fourth-order valence-corrected chi connectivity index (χ4v) is 4.67. The molecule has 2 aromatic rings. The summed E-state index contributed by atoms with van der Waals surface area (Å²) in [5.41, 5.74) is 0.522. The highest BCUT2D eigenvalue weighted by atomic mass is 16.7. The monoisotopic (exact) mass is 570 g/mol. The van der Waals surface area contributed by atoms with Crippen molar-refractivity contribution < 1.29 is 52.6 Å². The van der Waals surface area contributed by atoms with E-state index in [-0.39, 0.29) is 23.4 Å². The molecule has 14 nitrogen and oxygen atoms in total. The van der Waals surface area contributed by atoms with Crippen LogP contribution in [0.5, 0.6) is 0 Å². The number of ether oxygens (including phenoxy) is 5. The second-order valence-corrected chi connectivity index (χ2v) is 9.24.